The summed E-state index contributed by atoms with van der Waals surface area (Å²) in [5, 5.41) is 14.9. The van der Waals surface area contributed by atoms with Gasteiger partial charge in [-0.1, -0.05) is 42.5 Å². The first-order valence-corrected chi connectivity index (χ1v) is 9.87. The van der Waals surface area contributed by atoms with Crippen LogP contribution >= 0.6 is 0 Å². The van der Waals surface area contributed by atoms with E-state index >= 15 is 0 Å². The van der Waals surface area contributed by atoms with E-state index in [9.17, 15) is 21.6 Å². The molecule has 1 fully saturated rings. The number of benzene rings is 2. The van der Waals surface area contributed by atoms with Gasteiger partial charge in [0.25, 0.3) is 0 Å². The molecule has 10 heteroatoms. The number of nitrogens with one attached hydrogen (secondary N) is 1. The van der Waals surface area contributed by atoms with Crippen molar-refractivity contribution in [2.24, 2.45) is 0 Å². The zero-order chi connectivity index (χ0) is 21.7. The van der Waals surface area contributed by atoms with Crippen molar-refractivity contribution in [2.45, 2.75) is 24.6 Å². The van der Waals surface area contributed by atoms with Gasteiger partial charge in [-0.3, -0.25) is 0 Å². The molecule has 0 bridgehead atoms. The van der Waals surface area contributed by atoms with Gasteiger partial charge in [-0.15, -0.1) is 0 Å². The molecular weight excluding hydrogens is 411 g/mol. The van der Waals surface area contributed by atoms with E-state index < -0.39 is 27.9 Å². The highest BCUT2D eigenvalue weighted by Crippen LogP contribution is 2.41. The third-order valence-electron chi connectivity index (χ3n) is 4.01. The highest BCUT2D eigenvalue weighted by Gasteiger charge is 2.40. The maximum absolute atomic E-state index is 12.5. The van der Waals surface area contributed by atoms with Crippen LogP contribution in [0.4, 0.5) is 18.0 Å². The average Bonchev–Trinajstić information content (AvgIpc) is 3.38. The number of rotatable bonds is 5. The first-order valence-electron chi connectivity index (χ1n) is 8.32. The molecule has 0 spiro atoms. The Hall–Kier alpha value is -2.85. The van der Waals surface area contributed by atoms with E-state index in [1.54, 1.807) is 0 Å². The molecule has 156 valence electrons. The van der Waals surface area contributed by atoms with Crippen LogP contribution in [0, 0.1) is 0 Å². The molecule has 0 heterocycles. The molecule has 3 N–H and O–H groups in total. The largest absolute Gasteiger partial charge is 0.503 e. The van der Waals surface area contributed by atoms with E-state index in [0.717, 1.165) is 29.5 Å². The first-order chi connectivity index (χ1) is 13.5. The summed E-state index contributed by atoms with van der Waals surface area (Å²) in [6, 6.07) is 13.8. The summed E-state index contributed by atoms with van der Waals surface area (Å²) in [5.41, 5.74) is 0.699. The van der Waals surface area contributed by atoms with Crippen molar-refractivity contribution in [3.05, 3.63) is 76.7 Å². The zero-order valence-electron chi connectivity index (χ0n) is 14.9. The van der Waals surface area contributed by atoms with Gasteiger partial charge in [-0.2, -0.15) is 13.2 Å². The van der Waals surface area contributed by atoms with Crippen LogP contribution in [0.1, 0.15) is 29.0 Å². The Labute approximate surface area is 165 Å². The van der Waals surface area contributed by atoms with Gasteiger partial charge in [0, 0.05) is 17.4 Å². The minimum Gasteiger partial charge on any atom is -0.450 e. The Morgan fingerprint density at radius 1 is 1.03 bits per heavy atom. The summed E-state index contributed by atoms with van der Waals surface area (Å²) >= 11 is 0. The molecule has 29 heavy (non-hydrogen) atoms. The molecule has 1 saturated carbocycles. The monoisotopic (exact) mass is 429 g/mol. The summed E-state index contributed by atoms with van der Waals surface area (Å²) < 4.78 is 64.2. The lowest BCUT2D eigenvalue weighted by Crippen LogP contribution is -2.24. The summed E-state index contributed by atoms with van der Waals surface area (Å²) in [7, 11) is -3.65. The molecule has 1 aliphatic rings. The van der Waals surface area contributed by atoms with Crippen molar-refractivity contribution in [2.75, 3.05) is 0 Å². The molecule has 3 rings (SSSR count). The van der Waals surface area contributed by atoms with E-state index in [2.05, 4.69) is 4.72 Å². The van der Waals surface area contributed by atoms with Crippen molar-refractivity contribution in [1.29, 1.82) is 0 Å². The Morgan fingerprint density at radius 3 is 2.10 bits per heavy atom. The second kappa shape index (κ2) is 9.10. The zero-order valence-corrected chi connectivity index (χ0v) is 15.7. The van der Waals surface area contributed by atoms with E-state index in [4.69, 9.17) is 15.0 Å². The van der Waals surface area contributed by atoms with Gasteiger partial charge in [0.05, 0.1) is 5.56 Å². The van der Waals surface area contributed by atoms with Gasteiger partial charge >= 0.3 is 12.3 Å². The molecule has 2 atom stereocenters. The number of hydrogen-bond acceptors (Lipinski definition) is 3. The highest BCUT2D eigenvalue weighted by molar-refractivity contribution is 7.92. The lowest BCUT2D eigenvalue weighted by molar-refractivity contribution is -0.137. The molecule has 2 aromatic rings. The third-order valence-corrected chi connectivity index (χ3v) is 5.14. The molecular formula is C19H18F3NO5S. The number of alkyl halides is 3. The fourth-order valence-corrected chi connectivity index (χ4v) is 3.69. The Morgan fingerprint density at radius 2 is 1.59 bits per heavy atom. The second-order valence-corrected chi connectivity index (χ2v) is 7.83. The minimum atomic E-state index is -4.41. The second-order valence-electron chi connectivity index (χ2n) is 6.23. The number of hydrogen-bond donors (Lipinski definition) is 3. The van der Waals surface area contributed by atoms with Crippen molar-refractivity contribution in [3.8, 4) is 0 Å². The summed E-state index contributed by atoms with van der Waals surface area (Å²) in [5.74, 6) is 0.162. The average molecular weight is 429 g/mol. The van der Waals surface area contributed by atoms with E-state index in [1.807, 2.05) is 30.3 Å². The van der Waals surface area contributed by atoms with Gasteiger partial charge in [-0.05, 0) is 35.8 Å². The molecule has 2 aromatic carbocycles. The van der Waals surface area contributed by atoms with Crippen LogP contribution in [0.3, 0.4) is 0 Å². The SMILES string of the molecule is O=C(O)O.O=S(=O)(/C=C/c1ccc(C(F)(F)F)cc1)N[C@H]1C[C@@H]1c1ccccc1. The number of carboxylic acid groups (broad SMARTS) is 2. The van der Waals surface area contributed by atoms with Crippen LogP contribution in [0.25, 0.3) is 6.08 Å². The van der Waals surface area contributed by atoms with Crippen molar-refractivity contribution in [1.82, 2.24) is 4.72 Å². The van der Waals surface area contributed by atoms with Crippen LogP contribution in [-0.4, -0.2) is 30.8 Å². The van der Waals surface area contributed by atoms with E-state index in [1.165, 1.54) is 18.2 Å². The summed E-state index contributed by atoms with van der Waals surface area (Å²) in [6.45, 7) is 0. The van der Waals surface area contributed by atoms with Gasteiger partial charge in [-0.25, -0.2) is 17.9 Å². The van der Waals surface area contributed by atoms with Gasteiger partial charge in [0.2, 0.25) is 10.0 Å². The Kier molecular flexibility index (Phi) is 7.04. The first kappa shape index (κ1) is 22.4. The molecule has 0 unspecified atom stereocenters. The Bertz CT molecular complexity index is 954. The van der Waals surface area contributed by atoms with Gasteiger partial charge in [0.15, 0.2) is 0 Å². The highest BCUT2D eigenvalue weighted by atomic mass is 32.2. The lowest BCUT2D eigenvalue weighted by Gasteiger charge is -2.06. The van der Waals surface area contributed by atoms with Crippen molar-refractivity contribution in [3.63, 3.8) is 0 Å². The van der Waals surface area contributed by atoms with E-state index in [-0.39, 0.29) is 12.0 Å². The molecule has 0 aromatic heterocycles. The quantitative estimate of drug-likeness (QED) is 0.655. The van der Waals surface area contributed by atoms with Crippen LogP contribution in [0.2, 0.25) is 0 Å². The molecule has 0 amide bonds. The number of halogens is 3. The number of carbonyl (C=O) groups is 1. The molecule has 6 nitrogen and oxygen atoms in total. The summed E-state index contributed by atoms with van der Waals surface area (Å²) in [4.78, 5) is 8.56. The fraction of sp³-hybridized carbons (Fsp3) is 0.211. The standard InChI is InChI=1S/C18H16F3NO2S.CH2O3/c19-18(20,21)15-8-6-13(7-9-15)10-11-25(23,24)22-17-12-16(17)14-4-2-1-3-5-14;2-1(3)4/h1-11,16-17,22H,12H2;(H2,2,3,4)/b11-10+;/t16-,17+;/m1./s1. The van der Waals surface area contributed by atoms with Crippen LogP contribution in [-0.2, 0) is 16.2 Å². The Balaban J connectivity index is 0.000000687. The molecule has 0 aliphatic heterocycles. The smallest absolute Gasteiger partial charge is 0.450 e. The van der Waals surface area contributed by atoms with Crippen LogP contribution in [0.5, 0.6) is 0 Å². The maximum Gasteiger partial charge on any atom is 0.503 e. The van der Waals surface area contributed by atoms with Gasteiger partial charge < -0.3 is 10.2 Å². The van der Waals surface area contributed by atoms with Crippen LogP contribution < -0.4 is 4.72 Å². The third kappa shape index (κ3) is 7.59. The molecule has 0 saturated heterocycles. The van der Waals surface area contributed by atoms with Gasteiger partial charge in [0.1, 0.15) is 0 Å². The summed E-state index contributed by atoms with van der Waals surface area (Å²) in [6.07, 6.45) is -4.23. The normalized spacial score (nSPS) is 18.7. The fourth-order valence-electron chi connectivity index (χ4n) is 2.60. The van der Waals surface area contributed by atoms with E-state index in [0.29, 0.717) is 5.56 Å². The van der Waals surface area contributed by atoms with Crippen LogP contribution in [0.15, 0.2) is 60.0 Å². The predicted octanol–water partition coefficient (Wildman–Crippen LogP) is 4.37. The van der Waals surface area contributed by atoms with Crippen molar-refractivity contribution < 1.29 is 36.6 Å². The van der Waals surface area contributed by atoms with Crippen molar-refractivity contribution >= 4 is 22.3 Å². The molecule has 0 radical (unpaired) electrons. The lowest BCUT2D eigenvalue weighted by atomic mass is 10.1. The molecule has 1 aliphatic carbocycles. The predicted molar refractivity (Wildman–Crippen MR) is 101 cm³/mol. The topological polar surface area (TPSA) is 104 Å². The maximum atomic E-state index is 12.5. The number of sulfonamides is 1. The minimum absolute atomic E-state index is 0.148.